The Morgan fingerprint density at radius 3 is 2.47 bits per heavy atom. The number of benzene rings is 1. The third kappa shape index (κ3) is 2.29. The van der Waals surface area contributed by atoms with Crippen LogP contribution < -0.4 is 16.1 Å². The van der Waals surface area contributed by atoms with Crippen LogP contribution in [0.1, 0.15) is 0 Å². The van der Waals surface area contributed by atoms with Crippen molar-refractivity contribution in [2.24, 2.45) is 19.8 Å². The lowest BCUT2D eigenvalue weighted by Gasteiger charge is -2.06. The van der Waals surface area contributed by atoms with Gasteiger partial charge in [0.1, 0.15) is 0 Å². The molecule has 0 bridgehead atoms. The van der Waals surface area contributed by atoms with E-state index < -0.39 is 10.0 Å². The minimum Gasteiger partial charge on any atom is -0.329 e. The van der Waals surface area contributed by atoms with Crippen molar-refractivity contribution in [3.05, 3.63) is 28.7 Å². The van der Waals surface area contributed by atoms with Gasteiger partial charge in [0.2, 0.25) is 10.0 Å². The summed E-state index contributed by atoms with van der Waals surface area (Å²) >= 11 is 0. The summed E-state index contributed by atoms with van der Waals surface area (Å²) in [5.41, 5.74) is 6.34. The summed E-state index contributed by atoms with van der Waals surface area (Å²) in [7, 11) is -0.339. The van der Waals surface area contributed by atoms with E-state index in [9.17, 15) is 13.2 Å². The van der Waals surface area contributed by atoms with Crippen LogP contribution in [0.5, 0.6) is 0 Å². The van der Waals surface area contributed by atoms with Gasteiger partial charge in [0.15, 0.2) is 0 Å². The van der Waals surface area contributed by atoms with Gasteiger partial charge in [-0.1, -0.05) is 0 Å². The third-order valence-corrected chi connectivity index (χ3v) is 4.45. The average molecular weight is 284 g/mol. The molecule has 0 aliphatic heterocycles. The highest BCUT2D eigenvalue weighted by Crippen LogP contribution is 2.17. The molecule has 0 spiro atoms. The minimum absolute atomic E-state index is 0.120. The molecule has 8 heteroatoms. The summed E-state index contributed by atoms with van der Waals surface area (Å²) in [5, 5.41) is 0. The molecule has 0 aliphatic carbocycles. The molecule has 0 radical (unpaired) electrons. The number of nitrogens with two attached hydrogens (primary N) is 1. The van der Waals surface area contributed by atoms with Crippen molar-refractivity contribution in [3.63, 3.8) is 0 Å². The second-order valence-electron chi connectivity index (χ2n) is 4.24. The van der Waals surface area contributed by atoms with Gasteiger partial charge in [-0.05, 0) is 18.2 Å². The van der Waals surface area contributed by atoms with E-state index in [2.05, 4.69) is 4.72 Å². The molecule has 1 heterocycles. The van der Waals surface area contributed by atoms with Crippen LogP contribution in [0.2, 0.25) is 0 Å². The highest BCUT2D eigenvalue weighted by atomic mass is 32.2. The van der Waals surface area contributed by atoms with Gasteiger partial charge in [-0.3, -0.25) is 9.13 Å². The largest absolute Gasteiger partial charge is 0.329 e. The maximum absolute atomic E-state index is 12.0. The minimum atomic E-state index is -3.59. The standard InChI is InChI=1S/C11H16N4O3S/c1-14-9-4-3-8(19(17,18)13-6-5-12)7-10(9)15(2)11(14)16/h3-4,7,13H,5-6,12H2,1-2H3. The van der Waals surface area contributed by atoms with Gasteiger partial charge in [0.25, 0.3) is 0 Å². The molecular weight excluding hydrogens is 268 g/mol. The van der Waals surface area contributed by atoms with Crippen LogP contribution in [0, 0.1) is 0 Å². The topological polar surface area (TPSA) is 99.1 Å². The Morgan fingerprint density at radius 2 is 1.84 bits per heavy atom. The van der Waals surface area contributed by atoms with Crippen molar-refractivity contribution in [1.82, 2.24) is 13.9 Å². The summed E-state index contributed by atoms with van der Waals surface area (Å²) in [6.45, 7) is 0.402. The molecule has 0 atom stereocenters. The van der Waals surface area contributed by atoms with Crippen molar-refractivity contribution in [2.75, 3.05) is 13.1 Å². The average Bonchev–Trinajstić information content (AvgIpc) is 2.61. The zero-order valence-electron chi connectivity index (χ0n) is 10.8. The van der Waals surface area contributed by atoms with Crippen molar-refractivity contribution < 1.29 is 8.42 Å². The smallest absolute Gasteiger partial charge is 0.328 e. The normalized spacial score (nSPS) is 12.2. The highest BCUT2D eigenvalue weighted by Gasteiger charge is 2.16. The Labute approximate surface area is 110 Å². The molecule has 2 rings (SSSR count). The number of nitrogens with zero attached hydrogens (tertiary/aromatic N) is 2. The van der Waals surface area contributed by atoms with E-state index >= 15 is 0 Å². The number of hydrogen-bond donors (Lipinski definition) is 2. The first-order valence-electron chi connectivity index (χ1n) is 5.73. The van der Waals surface area contributed by atoms with Crippen molar-refractivity contribution in [1.29, 1.82) is 0 Å². The first-order valence-corrected chi connectivity index (χ1v) is 7.22. The van der Waals surface area contributed by atoms with Crippen LogP contribution in [0.15, 0.2) is 27.9 Å². The van der Waals surface area contributed by atoms with Crippen molar-refractivity contribution >= 4 is 21.1 Å². The lowest BCUT2D eigenvalue weighted by atomic mass is 10.3. The maximum atomic E-state index is 12.0. The van der Waals surface area contributed by atoms with E-state index in [1.54, 1.807) is 20.2 Å². The molecule has 104 valence electrons. The van der Waals surface area contributed by atoms with Gasteiger partial charge in [0, 0.05) is 27.2 Å². The van der Waals surface area contributed by atoms with Gasteiger partial charge < -0.3 is 5.73 Å². The third-order valence-electron chi connectivity index (χ3n) is 2.99. The summed E-state index contributed by atoms with van der Waals surface area (Å²) < 4.78 is 29.2. The molecule has 19 heavy (non-hydrogen) atoms. The van der Waals surface area contributed by atoms with Crippen LogP contribution in [0.4, 0.5) is 0 Å². The molecule has 0 amide bonds. The van der Waals surface area contributed by atoms with Crippen molar-refractivity contribution in [3.8, 4) is 0 Å². The first kappa shape index (κ1) is 13.8. The fourth-order valence-corrected chi connectivity index (χ4v) is 3.00. The maximum Gasteiger partial charge on any atom is 0.328 e. The summed E-state index contributed by atoms with van der Waals surface area (Å²) in [4.78, 5) is 11.9. The number of aromatic nitrogens is 2. The van der Waals surface area contributed by atoms with Crippen molar-refractivity contribution in [2.45, 2.75) is 4.90 Å². The van der Waals surface area contributed by atoms with Crippen LogP contribution in [-0.2, 0) is 24.1 Å². The molecule has 0 saturated carbocycles. The van der Waals surface area contributed by atoms with E-state index in [0.717, 1.165) is 0 Å². The summed E-state index contributed by atoms with van der Waals surface area (Å²) in [6, 6.07) is 4.57. The fraction of sp³-hybridized carbons (Fsp3) is 0.364. The molecule has 0 unspecified atom stereocenters. The van der Waals surface area contributed by atoms with Crippen LogP contribution in [0.3, 0.4) is 0 Å². The van der Waals surface area contributed by atoms with E-state index in [1.165, 1.54) is 21.3 Å². The Hall–Kier alpha value is -1.64. The lowest BCUT2D eigenvalue weighted by molar-refractivity contribution is 0.582. The molecule has 2 aromatic rings. The Morgan fingerprint density at radius 1 is 1.21 bits per heavy atom. The van der Waals surface area contributed by atoms with E-state index in [4.69, 9.17) is 5.73 Å². The van der Waals surface area contributed by atoms with E-state index in [-0.39, 0.29) is 23.7 Å². The number of fused-ring (bicyclic) bond motifs is 1. The monoisotopic (exact) mass is 284 g/mol. The Kier molecular flexibility index (Phi) is 3.48. The van der Waals surface area contributed by atoms with E-state index in [0.29, 0.717) is 11.0 Å². The highest BCUT2D eigenvalue weighted by molar-refractivity contribution is 7.89. The molecule has 0 fully saturated rings. The Balaban J connectivity index is 2.60. The summed E-state index contributed by atoms with van der Waals surface area (Å²) in [5.74, 6) is 0. The number of aryl methyl sites for hydroxylation is 2. The van der Waals surface area contributed by atoms with Gasteiger partial charge in [-0.2, -0.15) is 0 Å². The second-order valence-corrected chi connectivity index (χ2v) is 6.00. The summed E-state index contributed by atoms with van der Waals surface area (Å²) in [6.07, 6.45) is 0. The van der Waals surface area contributed by atoms with Gasteiger partial charge in [-0.25, -0.2) is 17.9 Å². The zero-order chi connectivity index (χ0) is 14.2. The molecular formula is C11H16N4O3S. The van der Waals surface area contributed by atoms with Gasteiger partial charge >= 0.3 is 5.69 Å². The Bertz CT molecular complexity index is 773. The zero-order valence-corrected chi connectivity index (χ0v) is 11.6. The SMILES string of the molecule is Cn1c(=O)n(C)c2cc(S(=O)(=O)NCCN)ccc21. The number of rotatable bonds is 4. The molecule has 1 aromatic heterocycles. The van der Waals surface area contributed by atoms with Crippen LogP contribution in [0.25, 0.3) is 11.0 Å². The quantitative estimate of drug-likeness (QED) is 0.761. The number of hydrogen-bond acceptors (Lipinski definition) is 4. The molecule has 3 N–H and O–H groups in total. The number of imidazole rings is 1. The van der Waals surface area contributed by atoms with Crippen LogP contribution >= 0.6 is 0 Å². The predicted molar refractivity (Wildman–Crippen MR) is 72.4 cm³/mol. The predicted octanol–water partition coefficient (Wildman–Crippen LogP) is -0.886. The fourth-order valence-electron chi connectivity index (χ4n) is 1.93. The van der Waals surface area contributed by atoms with E-state index in [1.807, 2.05) is 0 Å². The second kappa shape index (κ2) is 4.80. The molecule has 1 aromatic carbocycles. The lowest BCUT2D eigenvalue weighted by Crippen LogP contribution is -2.29. The number of nitrogens with one attached hydrogen (secondary N) is 1. The van der Waals surface area contributed by atoms with Gasteiger partial charge in [0.05, 0.1) is 15.9 Å². The molecule has 0 aliphatic rings. The van der Waals surface area contributed by atoms with Gasteiger partial charge in [-0.15, -0.1) is 0 Å². The molecule has 0 saturated heterocycles. The number of sulfonamides is 1. The van der Waals surface area contributed by atoms with Crippen LogP contribution in [-0.4, -0.2) is 30.6 Å². The first-order chi connectivity index (χ1) is 8.88. The molecule has 7 nitrogen and oxygen atoms in total.